The fourth-order valence-electron chi connectivity index (χ4n) is 5.85. The molecule has 0 aromatic heterocycles. The van der Waals surface area contributed by atoms with Crippen molar-refractivity contribution in [1.29, 1.82) is 0 Å². The Hall–Kier alpha value is -0.840. The number of nitrogens with two attached hydrogens (primary N) is 4. The summed E-state index contributed by atoms with van der Waals surface area (Å²) in [6, 6.07) is -4.87. The first-order valence-electron chi connectivity index (χ1n) is 16.1. The summed E-state index contributed by atoms with van der Waals surface area (Å²) in [6.45, 7) is 3.28. The second-order valence-electron chi connectivity index (χ2n) is 13.8. The molecule has 288 valence electrons. The largest absolute Gasteiger partial charge is 0.394 e. The van der Waals surface area contributed by atoms with Gasteiger partial charge in [0.05, 0.1) is 56.2 Å². The van der Waals surface area contributed by atoms with Gasteiger partial charge in [-0.25, -0.2) is 0 Å². The van der Waals surface area contributed by atoms with E-state index in [0.29, 0.717) is 0 Å². The van der Waals surface area contributed by atoms with Gasteiger partial charge in [0.1, 0.15) is 73.2 Å². The molecule has 20 atom stereocenters. The van der Waals surface area contributed by atoms with Crippen LogP contribution in [0.1, 0.15) is 20.8 Å². The van der Waals surface area contributed by atoms with E-state index in [1.54, 1.807) is 20.8 Å². The molecule has 21 heteroatoms. The van der Waals surface area contributed by atoms with E-state index in [2.05, 4.69) is 0 Å². The predicted octanol–water partition coefficient (Wildman–Crippen LogP) is -8.06. The molecule has 4 rings (SSSR count). The van der Waals surface area contributed by atoms with E-state index < -0.39 is 155 Å². The van der Waals surface area contributed by atoms with Crippen LogP contribution in [0.5, 0.6) is 0 Å². The van der Waals surface area contributed by atoms with Crippen LogP contribution in [-0.4, -0.2) is 201 Å². The molecular formula is C28H54N4O17. The van der Waals surface area contributed by atoms with Gasteiger partial charge in [-0.1, -0.05) is 0 Å². The van der Waals surface area contributed by atoms with Gasteiger partial charge in [0.2, 0.25) is 0 Å². The maximum atomic E-state index is 10.7. The zero-order valence-electron chi connectivity index (χ0n) is 27.5. The minimum Gasteiger partial charge on any atom is -0.394 e. The zero-order chi connectivity index (χ0) is 36.5. The summed E-state index contributed by atoms with van der Waals surface area (Å²) in [4.78, 5) is 0. The number of aliphatic hydroxyl groups excluding tert-OH is 9. The molecule has 0 saturated carbocycles. The molecule has 0 radical (unpaired) electrons. The first-order chi connectivity index (χ1) is 22.9. The number of aliphatic hydroxyl groups is 9. The Bertz CT molecular complexity index is 1030. The molecule has 4 fully saturated rings. The molecule has 49 heavy (non-hydrogen) atoms. The van der Waals surface area contributed by atoms with Crippen molar-refractivity contribution in [1.82, 2.24) is 0 Å². The SMILES string of the molecule is CC(C)(C)OC1OC(COC2OC(COC3OC(COC4OC(CO)C(O)C(O)C4N)C(O)C(O)C3N)C(O)C(O)C2N)C(O)C(O)C1N. The third kappa shape index (κ3) is 9.40. The number of ether oxygens (including phenoxy) is 8. The summed E-state index contributed by atoms with van der Waals surface area (Å²) in [6.07, 6.45) is -22.3. The van der Waals surface area contributed by atoms with Crippen molar-refractivity contribution in [2.24, 2.45) is 22.9 Å². The minimum absolute atomic E-state index is 0.393. The van der Waals surface area contributed by atoms with Crippen LogP contribution in [0.4, 0.5) is 0 Å². The Morgan fingerprint density at radius 2 is 0.714 bits per heavy atom. The fourth-order valence-corrected chi connectivity index (χ4v) is 5.85. The van der Waals surface area contributed by atoms with Gasteiger partial charge in [0.15, 0.2) is 25.2 Å². The Labute approximate surface area is 282 Å². The Morgan fingerprint density at radius 3 is 1.02 bits per heavy atom. The van der Waals surface area contributed by atoms with Crippen molar-refractivity contribution in [2.45, 2.75) is 149 Å². The van der Waals surface area contributed by atoms with Crippen LogP contribution in [0.3, 0.4) is 0 Å². The molecule has 4 aliphatic rings. The van der Waals surface area contributed by atoms with E-state index in [1.165, 1.54) is 0 Å². The summed E-state index contributed by atoms with van der Waals surface area (Å²) in [5.74, 6) is 0. The molecular weight excluding hydrogens is 664 g/mol. The van der Waals surface area contributed by atoms with Crippen LogP contribution in [0.2, 0.25) is 0 Å². The first kappa shape index (κ1) is 40.9. The normalized spacial score (nSPS) is 50.0. The standard InChI is InChI=1S/C28H54N4O17/c1-28(2,3)49-27-15(32)23(41)19(37)11(48-27)7-44-26-14(31)22(40)18(36)10(47-26)6-43-25-13(30)21(39)17(35)9(46-25)5-42-24-12(29)20(38)16(34)8(4-33)45-24/h8-27,33-41H,4-7,29-32H2,1-3H3. The third-order valence-electron chi connectivity index (χ3n) is 8.92. The van der Waals surface area contributed by atoms with Gasteiger partial charge in [0, 0.05) is 0 Å². The topological polar surface area (TPSA) is 360 Å². The second-order valence-corrected chi connectivity index (χ2v) is 13.8. The van der Waals surface area contributed by atoms with E-state index in [-0.39, 0.29) is 0 Å². The van der Waals surface area contributed by atoms with E-state index >= 15 is 0 Å². The van der Waals surface area contributed by atoms with Crippen molar-refractivity contribution < 1.29 is 83.9 Å². The predicted molar refractivity (Wildman–Crippen MR) is 160 cm³/mol. The summed E-state index contributed by atoms with van der Waals surface area (Å²) in [5, 5.41) is 93.1. The van der Waals surface area contributed by atoms with E-state index in [0.717, 1.165) is 0 Å². The van der Waals surface area contributed by atoms with Crippen molar-refractivity contribution in [3.8, 4) is 0 Å². The highest BCUT2D eigenvalue weighted by Crippen LogP contribution is 2.29. The van der Waals surface area contributed by atoms with Crippen LogP contribution < -0.4 is 22.9 Å². The molecule has 4 heterocycles. The van der Waals surface area contributed by atoms with Crippen molar-refractivity contribution in [3.63, 3.8) is 0 Å². The van der Waals surface area contributed by atoms with Crippen molar-refractivity contribution >= 4 is 0 Å². The molecule has 0 aliphatic carbocycles. The number of rotatable bonds is 11. The summed E-state index contributed by atoms with van der Waals surface area (Å²) >= 11 is 0. The Balaban J connectivity index is 1.34. The second kappa shape index (κ2) is 16.9. The minimum atomic E-state index is -1.59. The van der Waals surface area contributed by atoms with Crippen LogP contribution in [-0.2, 0) is 37.9 Å². The van der Waals surface area contributed by atoms with Gasteiger partial charge in [-0.15, -0.1) is 0 Å². The maximum Gasteiger partial charge on any atom is 0.176 e. The highest BCUT2D eigenvalue weighted by molar-refractivity contribution is 4.97. The fraction of sp³-hybridized carbons (Fsp3) is 1.00. The molecule has 0 aromatic carbocycles. The van der Waals surface area contributed by atoms with Gasteiger partial charge in [-0.3, -0.25) is 0 Å². The molecule has 0 spiro atoms. The Morgan fingerprint density at radius 1 is 0.449 bits per heavy atom. The number of hydrogen-bond donors (Lipinski definition) is 13. The van der Waals surface area contributed by atoms with Crippen LogP contribution in [0.15, 0.2) is 0 Å². The molecule has 4 saturated heterocycles. The molecule has 0 amide bonds. The molecule has 17 N–H and O–H groups in total. The maximum absolute atomic E-state index is 10.7. The quantitative estimate of drug-likeness (QED) is 0.0943. The van der Waals surface area contributed by atoms with Crippen LogP contribution in [0, 0.1) is 0 Å². The number of hydrogen-bond acceptors (Lipinski definition) is 21. The molecule has 21 nitrogen and oxygen atoms in total. The first-order valence-corrected chi connectivity index (χ1v) is 16.1. The molecule has 0 aromatic rings. The smallest absolute Gasteiger partial charge is 0.176 e. The van der Waals surface area contributed by atoms with Gasteiger partial charge >= 0.3 is 0 Å². The van der Waals surface area contributed by atoms with E-state index in [1.807, 2.05) is 0 Å². The van der Waals surface area contributed by atoms with Crippen LogP contribution >= 0.6 is 0 Å². The molecule has 20 unspecified atom stereocenters. The van der Waals surface area contributed by atoms with Crippen molar-refractivity contribution in [2.75, 3.05) is 26.4 Å². The lowest BCUT2D eigenvalue weighted by molar-refractivity contribution is -0.322. The van der Waals surface area contributed by atoms with Gasteiger partial charge in [-0.05, 0) is 20.8 Å². The highest BCUT2D eigenvalue weighted by atomic mass is 16.7. The van der Waals surface area contributed by atoms with Gasteiger partial charge in [0.25, 0.3) is 0 Å². The zero-order valence-corrected chi connectivity index (χ0v) is 27.5. The lowest BCUT2D eigenvalue weighted by Gasteiger charge is -2.45. The average molecular weight is 719 g/mol. The summed E-state index contributed by atoms with van der Waals surface area (Å²) < 4.78 is 45.4. The van der Waals surface area contributed by atoms with Crippen molar-refractivity contribution in [3.05, 3.63) is 0 Å². The lowest BCUT2D eigenvalue weighted by Crippen LogP contribution is -2.66. The van der Waals surface area contributed by atoms with E-state index in [9.17, 15) is 46.0 Å². The Kier molecular flexibility index (Phi) is 14.1. The lowest BCUT2D eigenvalue weighted by atomic mass is 9.96. The monoisotopic (exact) mass is 718 g/mol. The molecule has 4 aliphatic heterocycles. The van der Waals surface area contributed by atoms with E-state index in [4.69, 9.17) is 60.8 Å². The molecule has 0 bridgehead atoms. The van der Waals surface area contributed by atoms with Crippen LogP contribution in [0.25, 0.3) is 0 Å². The average Bonchev–Trinajstić information content (AvgIpc) is 3.05. The third-order valence-corrected chi connectivity index (χ3v) is 8.92. The van der Waals surface area contributed by atoms with Gasteiger partial charge < -0.3 is 107 Å². The van der Waals surface area contributed by atoms with Gasteiger partial charge in [-0.2, -0.15) is 0 Å². The summed E-state index contributed by atoms with van der Waals surface area (Å²) in [7, 11) is 0. The highest BCUT2D eigenvalue weighted by Gasteiger charge is 2.50. The summed E-state index contributed by atoms with van der Waals surface area (Å²) in [5.41, 5.74) is 23.3.